The fourth-order valence-corrected chi connectivity index (χ4v) is 2.08. The van der Waals surface area contributed by atoms with E-state index in [4.69, 9.17) is 14.5 Å². The highest BCUT2D eigenvalue weighted by molar-refractivity contribution is 4.56. The third-order valence-corrected chi connectivity index (χ3v) is 2.95. The number of rotatable bonds is 0. The second kappa shape index (κ2) is 5.69. The van der Waals surface area contributed by atoms with E-state index in [1.807, 2.05) is 0 Å². The van der Waals surface area contributed by atoms with Crippen molar-refractivity contribution in [2.75, 3.05) is 0 Å². The maximum atomic E-state index is 5.59. The first kappa shape index (κ1) is 10.4. The molecule has 2 aliphatic rings. The molecule has 0 amide bonds. The van der Waals surface area contributed by atoms with Gasteiger partial charge in [0.2, 0.25) is 0 Å². The Morgan fingerprint density at radius 2 is 1.00 bits per heavy atom. The van der Waals surface area contributed by atoms with E-state index in [2.05, 4.69) is 0 Å². The molecule has 2 bridgehead atoms. The van der Waals surface area contributed by atoms with E-state index in [1.54, 1.807) is 0 Å². The molecule has 0 radical (unpaired) electrons. The topological polar surface area (TPSA) is 27.7 Å². The summed E-state index contributed by atoms with van der Waals surface area (Å²) in [5.41, 5.74) is 0. The van der Waals surface area contributed by atoms with Crippen molar-refractivity contribution >= 4 is 0 Å². The highest BCUT2D eigenvalue weighted by Crippen LogP contribution is 2.23. The minimum absolute atomic E-state index is 0.0978. The fourth-order valence-electron chi connectivity index (χ4n) is 2.08. The molecule has 0 aromatic rings. The molecular weight excluding hydrogens is 180 g/mol. The van der Waals surface area contributed by atoms with Gasteiger partial charge in [-0.3, -0.25) is 0 Å². The molecule has 0 spiro atoms. The van der Waals surface area contributed by atoms with Crippen LogP contribution in [-0.4, -0.2) is 12.6 Å². The molecule has 2 heterocycles. The van der Waals surface area contributed by atoms with Crippen LogP contribution in [0.3, 0.4) is 0 Å². The molecule has 82 valence electrons. The van der Waals surface area contributed by atoms with E-state index in [0.717, 1.165) is 12.8 Å². The predicted molar refractivity (Wildman–Crippen MR) is 52.4 cm³/mol. The van der Waals surface area contributed by atoms with Crippen molar-refractivity contribution < 1.29 is 14.5 Å². The maximum absolute atomic E-state index is 5.59. The predicted octanol–water partition coefficient (Wildman–Crippen LogP) is 3.14. The number of hydrogen-bond donors (Lipinski definition) is 0. The van der Waals surface area contributed by atoms with Crippen LogP contribution in [0.25, 0.3) is 0 Å². The van der Waals surface area contributed by atoms with Gasteiger partial charge < -0.3 is 4.74 Å². The Morgan fingerprint density at radius 1 is 0.571 bits per heavy atom. The van der Waals surface area contributed by atoms with Gasteiger partial charge in [0, 0.05) is 12.8 Å². The third kappa shape index (κ3) is 3.23. The van der Waals surface area contributed by atoms with Crippen molar-refractivity contribution in [3.63, 3.8) is 0 Å². The van der Waals surface area contributed by atoms with Crippen molar-refractivity contribution in [3.05, 3.63) is 0 Å². The standard InChI is InChI=1S/C11H20O3/c1-2-4-6-8-10-12-11(14-13-10)9-7-5-3-1/h10-11H,1-9H2/t10-,11-/m0/s1. The van der Waals surface area contributed by atoms with Gasteiger partial charge in [-0.2, -0.15) is 0 Å². The van der Waals surface area contributed by atoms with Crippen molar-refractivity contribution in [2.24, 2.45) is 0 Å². The second-order valence-corrected chi connectivity index (χ2v) is 4.24. The maximum Gasteiger partial charge on any atom is 0.194 e. The molecule has 2 aliphatic heterocycles. The van der Waals surface area contributed by atoms with Crippen LogP contribution in [-0.2, 0) is 14.5 Å². The quantitative estimate of drug-likeness (QED) is 0.562. The van der Waals surface area contributed by atoms with Crippen molar-refractivity contribution in [2.45, 2.75) is 70.4 Å². The molecular formula is C11H20O3. The van der Waals surface area contributed by atoms with E-state index >= 15 is 0 Å². The van der Waals surface area contributed by atoms with Gasteiger partial charge >= 0.3 is 0 Å². The van der Waals surface area contributed by atoms with Crippen LogP contribution >= 0.6 is 0 Å². The van der Waals surface area contributed by atoms with E-state index < -0.39 is 0 Å². The van der Waals surface area contributed by atoms with Crippen LogP contribution in [0.15, 0.2) is 0 Å². The summed E-state index contributed by atoms with van der Waals surface area (Å²) in [5, 5.41) is 0. The first-order chi connectivity index (χ1) is 6.95. The van der Waals surface area contributed by atoms with Gasteiger partial charge in [0.25, 0.3) is 0 Å². The summed E-state index contributed by atoms with van der Waals surface area (Å²) < 4.78 is 5.59. The van der Waals surface area contributed by atoms with Crippen LogP contribution in [0.5, 0.6) is 0 Å². The zero-order valence-corrected chi connectivity index (χ0v) is 8.74. The Kier molecular flexibility index (Phi) is 4.22. The highest BCUT2D eigenvalue weighted by Gasteiger charge is 2.26. The lowest BCUT2D eigenvalue weighted by molar-refractivity contribution is -0.298. The van der Waals surface area contributed by atoms with E-state index in [-0.39, 0.29) is 12.6 Å². The SMILES string of the molecule is C1CCCC[C@@H]2OO[C@@H](CCCC1)O2. The van der Waals surface area contributed by atoms with Gasteiger partial charge in [-0.1, -0.05) is 32.1 Å². The van der Waals surface area contributed by atoms with Gasteiger partial charge in [-0.15, -0.1) is 0 Å². The minimum atomic E-state index is -0.0978. The van der Waals surface area contributed by atoms with Crippen LogP contribution in [0.2, 0.25) is 0 Å². The molecule has 0 aliphatic carbocycles. The Morgan fingerprint density at radius 3 is 1.50 bits per heavy atom. The van der Waals surface area contributed by atoms with Crippen molar-refractivity contribution in [1.82, 2.24) is 0 Å². The van der Waals surface area contributed by atoms with Gasteiger partial charge in [0.05, 0.1) is 0 Å². The normalized spacial score (nSPS) is 36.0. The summed E-state index contributed by atoms with van der Waals surface area (Å²) in [6.45, 7) is 0. The van der Waals surface area contributed by atoms with Gasteiger partial charge in [0.15, 0.2) is 12.6 Å². The van der Waals surface area contributed by atoms with Crippen molar-refractivity contribution in [1.29, 1.82) is 0 Å². The number of fused-ring (bicyclic) bond motifs is 2. The fraction of sp³-hybridized carbons (Fsp3) is 1.00. The number of hydrogen-bond acceptors (Lipinski definition) is 3. The molecule has 0 aromatic carbocycles. The van der Waals surface area contributed by atoms with E-state index in [9.17, 15) is 0 Å². The highest BCUT2D eigenvalue weighted by atomic mass is 17.3. The molecule has 0 N–H and O–H groups in total. The number of ether oxygens (including phenoxy) is 1. The molecule has 2 atom stereocenters. The minimum Gasteiger partial charge on any atom is -0.318 e. The summed E-state index contributed by atoms with van der Waals surface area (Å²) in [6, 6.07) is 0. The molecule has 3 nitrogen and oxygen atoms in total. The molecule has 0 saturated carbocycles. The van der Waals surface area contributed by atoms with Crippen LogP contribution < -0.4 is 0 Å². The summed E-state index contributed by atoms with van der Waals surface area (Å²) in [7, 11) is 0. The molecule has 2 rings (SSSR count). The lowest BCUT2D eigenvalue weighted by Crippen LogP contribution is -2.12. The summed E-state index contributed by atoms with van der Waals surface area (Å²) in [6.07, 6.45) is 10.9. The Bertz CT molecular complexity index is 145. The van der Waals surface area contributed by atoms with E-state index in [0.29, 0.717) is 0 Å². The summed E-state index contributed by atoms with van der Waals surface area (Å²) in [4.78, 5) is 10.2. The molecule has 2 saturated heterocycles. The average molecular weight is 200 g/mol. The van der Waals surface area contributed by atoms with Gasteiger partial charge in [-0.05, 0) is 12.8 Å². The van der Waals surface area contributed by atoms with Crippen LogP contribution in [0.1, 0.15) is 57.8 Å². The zero-order chi connectivity index (χ0) is 9.64. The zero-order valence-electron chi connectivity index (χ0n) is 8.74. The first-order valence-electron chi connectivity index (χ1n) is 5.93. The average Bonchev–Trinajstić information content (AvgIpc) is 2.61. The Balaban J connectivity index is 1.75. The smallest absolute Gasteiger partial charge is 0.194 e. The van der Waals surface area contributed by atoms with Crippen LogP contribution in [0.4, 0.5) is 0 Å². The van der Waals surface area contributed by atoms with Crippen LogP contribution in [0, 0.1) is 0 Å². The van der Waals surface area contributed by atoms with E-state index in [1.165, 1.54) is 44.9 Å². The third-order valence-electron chi connectivity index (χ3n) is 2.95. The largest absolute Gasteiger partial charge is 0.318 e. The monoisotopic (exact) mass is 200 g/mol. The van der Waals surface area contributed by atoms with Crippen molar-refractivity contribution in [3.8, 4) is 0 Å². The first-order valence-corrected chi connectivity index (χ1v) is 5.93. The lowest BCUT2D eigenvalue weighted by atomic mass is 10.1. The summed E-state index contributed by atoms with van der Waals surface area (Å²) >= 11 is 0. The van der Waals surface area contributed by atoms with Gasteiger partial charge in [-0.25, -0.2) is 9.78 Å². The molecule has 0 unspecified atom stereocenters. The second-order valence-electron chi connectivity index (χ2n) is 4.24. The molecule has 2 fully saturated rings. The Hall–Kier alpha value is -0.120. The van der Waals surface area contributed by atoms with Gasteiger partial charge in [0.1, 0.15) is 0 Å². The summed E-state index contributed by atoms with van der Waals surface area (Å²) in [5.74, 6) is 0. The lowest BCUT2D eigenvalue weighted by Gasteiger charge is -2.09. The Labute approximate surface area is 85.6 Å². The molecule has 0 aromatic heterocycles. The molecule has 3 heteroatoms. The molecule has 14 heavy (non-hydrogen) atoms.